The summed E-state index contributed by atoms with van der Waals surface area (Å²) in [6.45, 7) is 2.35. The fraction of sp³-hybridized carbons (Fsp3) is 0.500. The van der Waals surface area contributed by atoms with Crippen molar-refractivity contribution in [3.8, 4) is 5.75 Å². The fourth-order valence-electron chi connectivity index (χ4n) is 2.76. The Hall–Kier alpha value is -1.75. The summed E-state index contributed by atoms with van der Waals surface area (Å²) in [5, 5.41) is 0.557. The highest BCUT2D eigenvalue weighted by atomic mass is 35.5. The van der Waals surface area contributed by atoms with Crippen molar-refractivity contribution in [3.63, 3.8) is 0 Å². The first-order chi connectivity index (χ1) is 10.5. The zero-order valence-electron chi connectivity index (χ0n) is 12.6. The molecule has 1 fully saturated rings. The van der Waals surface area contributed by atoms with Gasteiger partial charge in [-0.25, -0.2) is 0 Å². The fourth-order valence-corrected chi connectivity index (χ4v) is 2.94. The van der Waals surface area contributed by atoms with E-state index in [1.807, 2.05) is 0 Å². The van der Waals surface area contributed by atoms with Crippen LogP contribution < -0.4 is 10.5 Å². The van der Waals surface area contributed by atoms with E-state index in [2.05, 4.69) is 0 Å². The number of nitrogens with two attached hydrogens (primary N) is 1. The third kappa shape index (κ3) is 4.37. The quantitative estimate of drug-likeness (QED) is 0.903. The van der Waals surface area contributed by atoms with Crippen LogP contribution in [0.15, 0.2) is 24.3 Å². The first-order valence-corrected chi connectivity index (χ1v) is 7.86. The molecule has 0 bridgehead atoms. The van der Waals surface area contributed by atoms with Gasteiger partial charge in [-0.05, 0) is 44.4 Å². The van der Waals surface area contributed by atoms with Crippen molar-refractivity contribution in [1.82, 2.24) is 4.90 Å². The van der Waals surface area contributed by atoms with E-state index in [1.165, 1.54) is 0 Å². The number of hydrogen-bond donors (Lipinski definition) is 1. The Bertz CT molecular complexity index is 550. The Morgan fingerprint density at radius 2 is 2.23 bits per heavy atom. The van der Waals surface area contributed by atoms with Crippen molar-refractivity contribution < 1.29 is 14.3 Å². The van der Waals surface area contributed by atoms with Gasteiger partial charge in [0.05, 0.1) is 0 Å². The molecule has 1 aromatic rings. The van der Waals surface area contributed by atoms with Crippen molar-refractivity contribution in [3.05, 3.63) is 29.3 Å². The molecule has 2 rings (SSSR count). The lowest BCUT2D eigenvalue weighted by Gasteiger charge is -2.36. The third-order valence-corrected chi connectivity index (χ3v) is 4.04. The molecule has 0 spiro atoms. The van der Waals surface area contributed by atoms with Gasteiger partial charge in [0.2, 0.25) is 5.91 Å². The molecule has 6 heteroatoms. The van der Waals surface area contributed by atoms with Crippen LogP contribution in [0.1, 0.15) is 32.6 Å². The zero-order valence-corrected chi connectivity index (χ0v) is 13.4. The van der Waals surface area contributed by atoms with E-state index in [0.29, 0.717) is 17.3 Å². The van der Waals surface area contributed by atoms with E-state index in [9.17, 15) is 9.59 Å². The van der Waals surface area contributed by atoms with Crippen LogP contribution in [0, 0.1) is 0 Å². The largest absolute Gasteiger partial charge is 0.481 e. The molecule has 0 aliphatic carbocycles. The van der Waals surface area contributed by atoms with Crippen LogP contribution in [0.5, 0.6) is 5.75 Å². The molecule has 0 radical (unpaired) electrons. The molecule has 22 heavy (non-hydrogen) atoms. The number of carbonyl (C=O) groups excluding carboxylic acids is 2. The Morgan fingerprint density at radius 1 is 1.45 bits per heavy atom. The number of nitrogens with zero attached hydrogens (tertiary/aromatic N) is 1. The molecule has 5 nitrogen and oxygen atoms in total. The van der Waals surface area contributed by atoms with Crippen LogP contribution in [0.25, 0.3) is 0 Å². The minimum Gasteiger partial charge on any atom is -0.481 e. The van der Waals surface area contributed by atoms with E-state index >= 15 is 0 Å². The molecular formula is C16H21ClN2O3. The number of rotatable bonds is 5. The zero-order chi connectivity index (χ0) is 16.1. The first-order valence-electron chi connectivity index (χ1n) is 7.48. The van der Waals surface area contributed by atoms with Gasteiger partial charge in [-0.15, -0.1) is 0 Å². The van der Waals surface area contributed by atoms with E-state index in [0.717, 1.165) is 19.3 Å². The van der Waals surface area contributed by atoms with Gasteiger partial charge in [0.25, 0.3) is 5.91 Å². The molecule has 1 aromatic carbocycles. The van der Waals surface area contributed by atoms with Gasteiger partial charge in [0.15, 0.2) is 6.10 Å². The Morgan fingerprint density at radius 3 is 2.91 bits per heavy atom. The third-order valence-electron chi connectivity index (χ3n) is 3.80. The van der Waals surface area contributed by atoms with Crippen LogP contribution in [-0.2, 0) is 9.59 Å². The van der Waals surface area contributed by atoms with Gasteiger partial charge < -0.3 is 15.4 Å². The van der Waals surface area contributed by atoms with Crippen LogP contribution in [-0.4, -0.2) is 35.4 Å². The summed E-state index contributed by atoms with van der Waals surface area (Å²) in [5.41, 5.74) is 5.28. The highest BCUT2D eigenvalue weighted by molar-refractivity contribution is 6.30. The predicted molar refractivity (Wildman–Crippen MR) is 84.7 cm³/mol. The second-order valence-electron chi connectivity index (χ2n) is 5.57. The highest BCUT2D eigenvalue weighted by Gasteiger charge is 2.31. The minimum atomic E-state index is -0.632. The van der Waals surface area contributed by atoms with Crippen molar-refractivity contribution in [2.75, 3.05) is 6.54 Å². The molecule has 1 heterocycles. The second kappa shape index (κ2) is 7.49. The molecule has 120 valence electrons. The standard InChI is InChI=1S/C16H21ClN2O3/c1-11(22-14-7-4-5-12(17)9-14)16(21)19-8-3-2-6-13(19)10-15(18)20/h4-5,7,9,11,13H,2-3,6,8,10H2,1H3,(H2,18,20). The molecule has 0 saturated carbocycles. The van der Waals surface area contributed by atoms with E-state index in [-0.39, 0.29) is 24.3 Å². The van der Waals surface area contributed by atoms with Crippen LogP contribution in [0.2, 0.25) is 5.02 Å². The van der Waals surface area contributed by atoms with E-state index in [4.69, 9.17) is 22.1 Å². The SMILES string of the molecule is CC(Oc1cccc(Cl)c1)C(=O)N1CCCCC1CC(N)=O. The van der Waals surface area contributed by atoms with Crippen molar-refractivity contribution in [2.45, 2.75) is 44.8 Å². The maximum atomic E-state index is 12.6. The van der Waals surface area contributed by atoms with E-state index in [1.54, 1.807) is 36.1 Å². The van der Waals surface area contributed by atoms with Crippen molar-refractivity contribution >= 4 is 23.4 Å². The number of halogens is 1. The minimum absolute atomic E-state index is 0.120. The molecule has 2 unspecified atom stereocenters. The summed E-state index contributed by atoms with van der Waals surface area (Å²) in [7, 11) is 0. The molecule has 1 aliphatic heterocycles. The Kier molecular flexibility index (Phi) is 5.66. The normalized spacial score (nSPS) is 19.5. The number of carbonyl (C=O) groups is 2. The second-order valence-corrected chi connectivity index (χ2v) is 6.01. The molecule has 2 amide bonds. The van der Waals surface area contributed by atoms with Crippen LogP contribution in [0.4, 0.5) is 0 Å². The predicted octanol–water partition coefficient (Wildman–Crippen LogP) is 2.36. The Labute approximate surface area is 135 Å². The molecule has 2 N–H and O–H groups in total. The Balaban J connectivity index is 2.02. The summed E-state index contributed by atoms with van der Waals surface area (Å²) < 4.78 is 5.67. The van der Waals surface area contributed by atoms with E-state index < -0.39 is 6.10 Å². The van der Waals surface area contributed by atoms with Gasteiger partial charge in [-0.1, -0.05) is 17.7 Å². The van der Waals surface area contributed by atoms with Gasteiger partial charge in [0, 0.05) is 24.0 Å². The van der Waals surface area contributed by atoms with Gasteiger partial charge >= 0.3 is 0 Å². The number of ether oxygens (including phenoxy) is 1. The lowest BCUT2D eigenvalue weighted by molar-refractivity contribution is -0.142. The summed E-state index contributed by atoms with van der Waals surface area (Å²) in [6, 6.07) is 6.82. The molecule has 1 saturated heterocycles. The van der Waals surface area contributed by atoms with Crippen molar-refractivity contribution in [1.29, 1.82) is 0 Å². The maximum absolute atomic E-state index is 12.6. The topological polar surface area (TPSA) is 72.6 Å². The smallest absolute Gasteiger partial charge is 0.263 e. The molecule has 0 aromatic heterocycles. The maximum Gasteiger partial charge on any atom is 0.263 e. The molecule has 1 aliphatic rings. The number of hydrogen-bond acceptors (Lipinski definition) is 3. The average molecular weight is 325 g/mol. The van der Waals surface area contributed by atoms with Gasteiger partial charge in [-0.3, -0.25) is 9.59 Å². The summed E-state index contributed by atoms with van der Waals surface area (Å²) in [6.07, 6.45) is 2.32. The van der Waals surface area contributed by atoms with Crippen LogP contribution in [0.3, 0.4) is 0 Å². The number of piperidine rings is 1. The number of likely N-dealkylation sites (tertiary alicyclic amines) is 1. The molecular weight excluding hydrogens is 304 g/mol. The van der Waals surface area contributed by atoms with Gasteiger partial charge in [-0.2, -0.15) is 0 Å². The summed E-state index contributed by atoms with van der Waals surface area (Å²) >= 11 is 5.91. The van der Waals surface area contributed by atoms with Crippen LogP contribution >= 0.6 is 11.6 Å². The lowest BCUT2D eigenvalue weighted by atomic mass is 9.98. The summed E-state index contributed by atoms with van der Waals surface area (Å²) in [4.78, 5) is 25.5. The summed E-state index contributed by atoms with van der Waals surface area (Å²) in [5.74, 6) is 0.0517. The number of benzene rings is 1. The number of primary amides is 1. The van der Waals surface area contributed by atoms with Gasteiger partial charge in [0.1, 0.15) is 5.75 Å². The lowest BCUT2D eigenvalue weighted by Crippen LogP contribution is -2.50. The highest BCUT2D eigenvalue weighted by Crippen LogP contribution is 2.23. The molecule has 2 atom stereocenters. The average Bonchev–Trinajstić information content (AvgIpc) is 2.46. The first kappa shape index (κ1) is 16.6. The van der Waals surface area contributed by atoms with Crippen molar-refractivity contribution in [2.24, 2.45) is 5.73 Å². The number of amides is 2. The monoisotopic (exact) mass is 324 g/mol.